The summed E-state index contributed by atoms with van der Waals surface area (Å²) in [7, 11) is 1.57. The fraction of sp³-hybridized carbons (Fsp3) is 0.400. The number of methoxy groups -OCH3 is 1. The van der Waals surface area contributed by atoms with Gasteiger partial charge in [0.1, 0.15) is 0 Å². The molecule has 0 radical (unpaired) electrons. The second kappa shape index (κ2) is 2.85. The highest BCUT2D eigenvalue weighted by molar-refractivity contribution is 5.97. The van der Waals surface area contributed by atoms with Gasteiger partial charge in [-0.05, 0) is 12.5 Å². The summed E-state index contributed by atoms with van der Waals surface area (Å²) in [5, 5.41) is 2.90. The Morgan fingerprint density at radius 2 is 2.53 bits per heavy atom. The van der Waals surface area contributed by atoms with E-state index in [2.05, 4.69) is 10.3 Å². The van der Waals surface area contributed by atoms with Crippen LogP contribution in [0.1, 0.15) is 6.42 Å². The Hall–Kier alpha value is -1.78. The number of hydrogen-bond donors (Lipinski definition) is 1. The van der Waals surface area contributed by atoms with Crippen molar-refractivity contribution in [3.8, 4) is 5.88 Å². The lowest BCUT2D eigenvalue weighted by Crippen LogP contribution is -2.33. The number of ether oxygens (including phenoxy) is 1. The number of rotatable bonds is 2. The maximum Gasteiger partial charge on any atom is 0.322 e. The normalized spacial score (nSPS) is 27.3. The number of fused-ring (bicyclic) bond motifs is 1. The zero-order chi connectivity index (χ0) is 10.4. The van der Waals surface area contributed by atoms with Crippen molar-refractivity contribution < 1.29 is 9.53 Å². The molecule has 1 aliphatic heterocycles. The predicted octanol–water partition coefficient (Wildman–Crippen LogP) is 0.761. The maximum atomic E-state index is 11.6. The fourth-order valence-corrected chi connectivity index (χ4v) is 1.97. The van der Waals surface area contributed by atoms with Gasteiger partial charge in [-0.25, -0.2) is 9.78 Å². The van der Waals surface area contributed by atoms with Gasteiger partial charge in [0.2, 0.25) is 5.88 Å². The van der Waals surface area contributed by atoms with E-state index in [1.807, 2.05) is 6.07 Å². The number of carbonyl (C=O) groups excluding carboxylic acids is 1. The molecule has 78 valence electrons. The smallest absolute Gasteiger partial charge is 0.322 e. The molecule has 2 heterocycles. The van der Waals surface area contributed by atoms with Crippen molar-refractivity contribution in [3.05, 3.63) is 18.3 Å². The number of amides is 2. The van der Waals surface area contributed by atoms with E-state index in [-0.39, 0.29) is 6.03 Å². The lowest BCUT2D eigenvalue weighted by Gasteiger charge is -2.17. The minimum Gasteiger partial charge on any atom is -0.481 e. The second-order valence-electron chi connectivity index (χ2n) is 3.79. The summed E-state index contributed by atoms with van der Waals surface area (Å²) in [6.07, 6.45) is 2.69. The van der Waals surface area contributed by atoms with Crippen LogP contribution in [0.3, 0.4) is 0 Å². The Bertz CT molecular complexity index is 421. The summed E-state index contributed by atoms with van der Waals surface area (Å²) in [6.45, 7) is 0. The monoisotopic (exact) mass is 205 g/mol. The van der Waals surface area contributed by atoms with Gasteiger partial charge >= 0.3 is 6.03 Å². The van der Waals surface area contributed by atoms with Crippen LogP contribution in [0.2, 0.25) is 0 Å². The zero-order valence-corrected chi connectivity index (χ0v) is 8.30. The molecule has 1 saturated carbocycles. The van der Waals surface area contributed by atoms with Crippen molar-refractivity contribution in [3.63, 3.8) is 0 Å². The Labute approximate surface area is 87.0 Å². The second-order valence-corrected chi connectivity index (χ2v) is 3.79. The van der Waals surface area contributed by atoms with Crippen LogP contribution in [0.15, 0.2) is 18.3 Å². The number of anilines is 1. The first-order valence-corrected chi connectivity index (χ1v) is 4.89. The minimum atomic E-state index is -0.0236. The van der Waals surface area contributed by atoms with Crippen molar-refractivity contribution in [1.82, 2.24) is 10.3 Å². The highest BCUT2D eigenvalue weighted by Gasteiger charge is 2.52. The van der Waals surface area contributed by atoms with Gasteiger partial charge in [-0.15, -0.1) is 0 Å². The van der Waals surface area contributed by atoms with Gasteiger partial charge in [0.25, 0.3) is 0 Å². The average molecular weight is 205 g/mol. The van der Waals surface area contributed by atoms with Crippen LogP contribution in [-0.2, 0) is 0 Å². The summed E-state index contributed by atoms with van der Waals surface area (Å²) < 4.78 is 5.03. The summed E-state index contributed by atoms with van der Waals surface area (Å²) in [4.78, 5) is 17.4. The first kappa shape index (κ1) is 8.52. The molecular formula is C10H11N3O2. The van der Waals surface area contributed by atoms with Crippen LogP contribution in [0.25, 0.3) is 0 Å². The first-order valence-electron chi connectivity index (χ1n) is 4.89. The molecule has 3 rings (SSSR count). The number of nitrogens with one attached hydrogen (secondary N) is 1. The van der Waals surface area contributed by atoms with E-state index in [0.717, 1.165) is 12.1 Å². The lowest BCUT2D eigenvalue weighted by molar-refractivity contribution is 0.249. The third-order valence-electron chi connectivity index (χ3n) is 2.82. The topological polar surface area (TPSA) is 54.5 Å². The number of hydrogen-bond acceptors (Lipinski definition) is 3. The molecule has 1 saturated heterocycles. The van der Waals surface area contributed by atoms with E-state index in [1.54, 1.807) is 24.3 Å². The molecule has 1 aromatic heterocycles. The summed E-state index contributed by atoms with van der Waals surface area (Å²) in [5.41, 5.74) is 0.851. The molecule has 0 spiro atoms. The molecule has 2 atom stereocenters. The van der Waals surface area contributed by atoms with Gasteiger partial charge in [0, 0.05) is 12.3 Å². The molecular weight excluding hydrogens is 194 g/mol. The molecule has 1 N–H and O–H groups in total. The Kier molecular flexibility index (Phi) is 1.62. The molecule has 1 aliphatic carbocycles. The molecule has 0 bridgehead atoms. The quantitative estimate of drug-likeness (QED) is 0.775. The third-order valence-corrected chi connectivity index (χ3v) is 2.82. The summed E-state index contributed by atoms with van der Waals surface area (Å²) in [6, 6.07) is 4.24. The number of pyridine rings is 1. The first-order chi connectivity index (χ1) is 7.29. The summed E-state index contributed by atoms with van der Waals surface area (Å²) >= 11 is 0. The van der Waals surface area contributed by atoms with Crippen LogP contribution in [-0.4, -0.2) is 30.2 Å². The minimum absolute atomic E-state index is 0.0236. The van der Waals surface area contributed by atoms with Gasteiger partial charge in [-0.3, -0.25) is 4.90 Å². The summed E-state index contributed by atoms with van der Waals surface area (Å²) in [5.74, 6) is 0.532. The van der Waals surface area contributed by atoms with E-state index in [0.29, 0.717) is 18.0 Å². The van der Waals surface area contributed by atoms with Crippen molar-refractivity contribution in [2.24, 2.45) is 0 Å². The zero-order valence-electron chi connectivity index (χ0n) is 8.30. The molecule has 2 fully saturated rings. The molecule has 15 heavy (non-hydrogen) atoms. The third kappa shape index (κ3) is 1.23. The molecule has 2 aliphatic rings. The molecule has 5 nitrogen and oxygen atoms in total. The predicted molar refractivity (Wildman–Crippen MR) is 54.0 cm³/mol. The Morgan fingerprint density at radius 3 is 3.20 bits per heavy atom. The average Bonchev–Trinajstić information content (AvgIpc) is 2.91. The standard InChI is InChI=1S/C10H11N3O2/c1-15-9-4-6(2-3-11-9)13-8-5-7(8)12-10(13)14/h2-4,7-8H,5H2,1H3,(H,12,14)/t7-,8+/m1/s1. The Morgan fingerprint density at radius 1 is 1.67 bits per heavy atom. The van der Waals surface area contributed by atoms with Crippen LogP contribution < -0.4 is 15.0 Å². The number of carbonyl (C=O) groups is 1. The largest absolute Gasteiger partial charge is 0.481 e. The van der Waals surface area contributed by atoms with E-state index >= 15 is 0 Å². The SMILES string of the molecule is COc1cc(N2C(=O)N[C@@H]3C[C@@H]32)ccn1. The molecule has 2 amide bonds. The van der Waals surface area contributed by atoms with Gasteiger partial charge < -0.3 is 10.1 Å². The maximum absolute atomic E-state index is 11.6. The van der Waals surface area contributed by atoms with Crippen molar-refractivity contribution in [2.75, 3.05) is 12.0 Å². The van der Waals surface area contributed by atoms with Crippen LogP contribution >= 0.6 is 0 Å². The van der Waals surface area contributed by atoms with Crippen LogP contribution in [0, 0.1) is 0 Å². The van der Waals surface area contributed by atoms with Crippen molar-refractivity contribution in [2.45, 2.75) is 18.5 Å². The highest BCUT2D eigenvalue weighted by atomic mass is 16.5. The highest BCUT2D eigenvalue weighted by Crippen LogP contribution is 2.37. The molecule has 0 aromatic carbocycles. The van der Waals surface area contributed by atoms with E-state index in [1.165, 1.54) is 0 Å². The lowest BCUT2D eigenvalue weighted by atomic mass is 10.3. The Balaban J connectivity index is 1.94. The molecule has 1 aromatic rings. The van der Waals surface area contributed by atoms with Gasteiger partial charge in [0.15, 0.2) is 0 Å². The van der Waals surface area contributed by atoms with Gasteiger partial charge in [-0.2, -0.15) is 0 Å². The molecule has 5 heteroatoms. The van der Waals surface area contributed by atoms with E-state index in [9.17, 15) is 4.79 Å². The van der Waals surface area contributed by atoms with Crippen molar-refractivity contribution in [1.29, 1.82) is 0 Å². The fourth-order valence-electron chi connectivity index (χ4n) is 1.97. The van der Waals surface area contributed by atoms with E-state index in [4.69, 9.17) is 4.74 Å². The van der Waals surface area contributed by atoms with E-state index < -0.39 is 0 Å². The van der Waals surface area contributed by atoms with Crippen LogP contribution in [0.4, 0.5) is 10.5 Å². The van der Waals surface area contributed by atoms with Crippen molar-refractivity contribution >= 4 is 11.7 Å². The number of urea groups is 1. The number of nitrogens with zero attached hydrogens (tertiary/aromatic N) is 2. The van der Waals surface area contributed by atoms with Gasteiger partial charge in [0.05, 0.1) is 24.9 Å². The van der Waals surface area contributed by atoms with Crippen LogP contribution in [0.5, 0.6) is 5.88 Å². The number of aromatic nitrogens is 1. The van der Waals surface area contributed by atoms with Gasteiger partial charge in [-0.1, -0.05) is 0 Å². The molecule has 0 unspecified atom stereocenters.